The molecule has 9 heteroatoms. The van der Waals surface area contributed by atoms with Crippen LogP contribution in [0, 0.1) is 0 Å². The van der Waals surface area contributed by atoms with Gasteiger partial charge in [0.25, 0.3) is 10.0 Å². The molecule has 1 aliphatic heterocycles. The van der Waals surface area contributed by atoms with Crippen LogP contribution in [-0.2, 0) is 10.0 Å². The Kier molecular flexibility index (Phi) is 5.10. The van der Waals surface area contributed by atoms with Gasteiger partial charge in [-0.25, -0.2) is 18.2 Å². The van der Waals surface area contributed by atoms with Crippen LogP contribution in [0.15, 0.2) is 29.2 Å². The zero-order valence-electron chi connectivity index (χ0n) is 10.4. The lowest BCUT2D eigenvalue weighted by Crippen LogP contribution is -2.46. The first-order valence-corrected chi connectivity index (χ1v) is 8.72. The van der Waals surface area contributed by atoms with Gasteiger partial charge < -0.3 is 0 Å². The molecule has 20 heavy (non-hydrogen) atoms. The molecule has 0 atom stereocenters. The quantitative estimate of drug-likeness (QED) is 0.592. The molecule has 0 radical (unpaired) electrons. The van der Waals surface area contributed by atoms with E-state index in [0.29, 0.717) is 7.54 Å². The van der Waals surface area contributed by atoms with Gasteiger partial charge in [-0.15, -0.1) is 0 Å². The minimum Gasteiger partial charge on any atom is -0.269 e. The van der Waals surface area contributed by atoms with E-state index in [0.717, 1.165) is 25.9 Å². The molecule has 110 valence electrons. The number of hydrogen-bond donors (Lipinski definition) is 1. The van der Waals surface area contributed by atoms with Crippen LogP contribution in [0.1, 0.15) is 12.8 Å². The summed E-state index contributed by atoms with van der Waals surface area (Å²) in [6.07, 6.45) is 1.98. The predicted octanol–water partition coefficient (Wildman–Crippen LogP) is 2.40. The maximum Gasteiger partial charge on any atom is 0.355 e. The summed E-state index contributed by atoms with van der Waals surface area (Å²) in [5, 5.41) is 2.15. The average molecular weight is 430 g/mol. The van der Waals surface area contributed by atoms with Gasteiger partial charge in [0, 0.05) is 18.1 Å². The van der Waals surface area contributed by atoms with Gasteiger partial charge in [0.2, 0.25) is 0 Å². The topological polar surface area (TPSA) is 69.7 Å². The Morgan fingerprint density at radius 2 is 1.80 bits per heavy atom. The number of benzene rings is 1. The zero-order chi connectivity index (χ0) is 14.8. The third kappa shape index (κ3) is 3.54. The first-order valence-electron chi connectivity index (χ1n) is 5.93. The summed E-state index contributed by atoms with van der Waals surface area (Å²) < 4.78 is 25.2. The molecule has 2 amide bonds. The number of halogens is 2. The minimum atomic E-state index is -3.87. The number of carbonyl (C=O) groups excluding carboxylic acids is 1. The minimum absolute atomic E-state index is 0.0212. The average Bonchev–Trinajstić information content (AvgIpc) is 2.91. The molecule has 1 fully saturated rings. The second-order valence-corrected chi connectivity index (χ2v) is 8.13. The van der Waals surface area contributed by atoms with Gasteiger partial charge in [0.1, 0.15) is 0 Å². The molecule has 0 aromatic heterocycles. The van der Waals surface area contributed by atoms with Crippen molar-refractivity contribution in [3.63, 3.8) is 0 Å². The highest BCUT2D eigenvalue weighted by Gasteiger charge is 2.29. The molecule has 1 aromatic rings. The van der Waals surface area contributed by atoms with Gasteiger partial charge >= 0.3 is 6.03 Å². The smallest absolute Gasteiger partial charge is 0.269 e. The fraction of sp³-hybridized carbons (Fsp3) is 0.364. The number of sulfonamides is 1. The first-order chi connectivity index (χ1) is 9.41. The molecule has 0 unspecified atom stereocenters. The van der Waals surface area contributed by atoms with E-state index in [9.17, 15) is 13.2 Å². The molecule has 0 aliphatic carbocycles. The second kappa shape index (κ2) is 6.46. The zero-order valence-corrected chi connectivity index (χ0v) is 14.2. The van der Waals surface area contributed by atoms with Crippen molar-refractivity contribution >= 4 is 50.5 Å². The third-order valence-electron chi connectivity index (χ3n) is 2.84. The monoisotopic (exact) mass is 429 g/mol. The fourth-order valence-corrected chi connectivity index (χ4v) is 3.65. The van der Waals surface area contributed by atoms with E-state index in [1.54, 1.807) is 5.01 Å². The SMILES string of the molecule is O=C(NN1CCCC1)N(I)S(=O)(=O)c1ccc(Cl)cc1. The van der Waals surface area contributed by atoms with Crippen molar-refractivity contribution in [3.8, 4) is 0 Å². The van der Waals surface area contributed by atoms with Gasteiger partial charge in [-0.2, -0.15) is 2.52 Å². The van der Waals surface area contributed by atoms with E-state index in [2.05, 4.69) is 5.43 Å². The van der Waals surface area contributed by atoms with E-state index >= 15 is 0 Å². The molecule has 1 heterocycles. The van der Waals surface area contributed by atoms with E-state index in [1.807, 2.05) is 0 Å². The van der Waals surface area contributed by atoms with Crippen molar-refractivity contribution in [1.82, 2.24) is 13.0 Å². The molecule has 0 saturated carbocycles. The highest BCUT2D eigenvalue weighted by atomic mass is 127. The van der Waals surface area contributed by atoms with Crippen molar-refractivity contribution in [3.05, 3.63) is 29.3 Å². The summed E-state index contributed by atoms with van der Waals surface area (Å²) in [6.45, 7) is 1.47. The van der Waals surface area contributed by atoms with Gasteiger partial charge in [-0.05, 0) is 37.1 Å². The standard InChI is InChI=1S/C11H13ClIN3O3S/c12-9-3-5-10(6-4-9)20(18,19)16(13)11(17)14-15-7-1-2-8-15/h3-6H,1-2,7-8H2,(H,14,17). The lowest BCUT2D eigenvalue weighted by molar-refractivity contribution is 0.195. The Balaban J connectivity index is 2.11. The van der Waals surface area contributed by atoms with Crippen molar-refractivity contribution < 1.29 is 13.2 Å². The number of hydrazine groups is 1. The van der Waals surface area contributed by atoms with Crippen LogP contribution in [0.2, 0.25) is 5.02 Å². The second-order valence-electron chi connectivity index (χ2n) is 4.28. The third-order valence-corrected chi connectivity index (χ3v) is 6.54. The Labute approximate surface area is 136 Å². The van der Waals surface area contributed by atoms with E-state index < -0.39 is 16.1 Å². The van der Waals surface area contributed by atoms with Gasteiger partial charge in [-0.3, -0.25) is 5.43 Å². The summed E-state index contributed by atoms with van der Waals surface area (Å²) >= 11 is 7.20. The fourth-order valence-electron chi connectivity index (χ4n) is 1.81. The van der Waals surface area contributed by atoms with Crippen LogP contribution in [0.25, 0.3) is 0 Å². The number of carbonyl (C=O) groups is 1. The Bertz CT molecular complexity index is 587. The highest BCUT2D eigenvalue weighted by Crippen LogP contribution is 2.21. The molecule has 0 spiro atoms. The van der Waals surface area contributed by atoms with Gasteiger partial charge in [0.05, 0.1) is 27.8 Å². The molecule has 2 rings (SSSR count). The lowest BCUT2D eigenvalue weighted by atomic mass is 10.4. The largest absolute Gasteiger partial charge is 0.355 e. The molecule has 1 saturated heterocycles. The van der Waals surface area contributed by atoms with Crippen LogP contribution < -0.4 is 5.43 Å². The Morgan fingerprint density at radius 3 is 2.35 bits per heavy atom. The highest BCUT2D eigenvalue weighted by molar-refractivity contribution is 14.1. The van der Waals surface area contributed by atoms with Crippen molar-refractivity contribution in [1.29, 1.82) is 0 Å². The summed E-state index contributed by atoms with van der Waals surface area (Å²) in [4.78, 5) is 12.0. The maximum atomic E-state index is 12.3. The molecule has 1 N–H and O–H groups in total. The number of urea groups is 1. The predicted molar refractivity (Wildman–Crippen MR) is 83.8 cm³/mol. The Morgan fingerprint density at radius 1 is 1.25 bits per heavy atom. The first kappa shape index (κ1) is 15.8. The van der Waals surface area contributed by atoms with Crippen molar-refractivity contribution in [2.24, 2.45) is 0 Å². The van der Waals surface area contributed by atoms with E-state index in [4.69, 9.17) is 11.6 Å². The summed E-state index contributed by atoms with van der Waals surface area (Å²) in [6, 6.07) is 5.00. The molecule has 1 aliphatic rings. The number of nitrogens with zero attached hydrogens (tertiary/aromatic N) is 2. The Hall–Kier alpha value is -0.580. The van der Waals surface area contributed by atoms with Crippen molar-refractivity contribution in [2.45, 2.75) is 17.7 Å². The summed E-state index contributed by atoms with van der Waals surface area (Å²) in [7, 11) is -3.87. The molecule has 6 nitrogen and oxygen atoms in total. The van der Waals surface area contributed by atoms with Gasteiger partial charge in [0.15, 0.2) is 0 Å². The molecular formula is C11H13ClIN3O3S. The number of nitrogens with one attached hydrogen (secondary N) is 1. The van der Waals surface area contributed by atoms with E-state index in [-0.39, 0.29) is 4.90 Å². The van der Waals surface area contributed by atoms with Crippen LogP contribution >= 0.6 is 34.5 Å². The molecule has 1 aromatic carbocycles. The van der Waals surface area contributed by atoms with E-state index in [1.165, 1.54) is 47.1 Å². The number of amides is 2. The molecular weight excluding hydrogens is 417 g/mol. The number of hydrogen-bond acceptors (Lipinski definition) is 4. The van der Waals surface area contributed by atoms with Crippen LogP contribution in [0.3, 0.4) is 0 Å². The molecule has 0 bridgehead atoms. The van der Waals surface area contributed by atoms with Crippen LogP contribution in [0.5, 0.6) is 0 Å². The van der Waals surface area contributed by atoms with Gasteiger partial charge in [-0.1, -0.05) is 11.6 Å². The maximum absolute atomic E-state index is 12.3. The van der Waals surface area contributed by atoms with Crippen LogP contribution in [-0.4, -0.2) is 35.1 Å². The lowest BCUT2D eigenvalue weighted by Gasteiger charge is -2.21. The summed E-state index contributed by atoms with van der Waals surface area (Å²) in [5.74, 6) is 0. The van der Waals surface area contributed by atoms with Crippen molar-refractivity contribution in [2.75, 3.05) is 13.1 Å². The summed E-state index contributed by atoms with van der Waals surface area (Å²) in [5.41, 5.74) is 2.57. The van der Waals surface area contributed by atoms with Crippen LogP contribution in [0.4, 0.5) is 4.79 Å². The normalized spacial score (nSPS) is 16.1. The number of rotatable bonds is 3.